The molecule has 0 fully saturated rings. The Morgan fingerprint density at radius 3 is 2.62 bits per heavy atom. The Hall–Kier alpha value is -2.25. The molecule has 2 rings (SSSR count). The van der Waals surface area contributed by atoms with Crippen LogP contribution < -0.4 is 5.32 Å². The number of carbonyl (C=O) groups is 2. The number of anilines is 1. The number of thiazole rings is 1. The van der Waals surface area contributed by atoms with Crippen molar-refractivity contribution in [3.8, 4) is 0 Å². The van der Waals surface area contributed by atoms with Crippen LogP contribution in [0.3, 0.4) is 0 Å². The zero-order valence-electron chi connectivity index (χ0n) is 13.8. The first-order chi connectivity index (χ1) is 11.6. The number of aryl methyl sites for hydroxylation is 1. The summed E-state index contributed by atoms with van der Waals surface area (Å²) in [6, 6.07) is 7.44. The monoisotopic (exact) mass is 347 g/mol. The van der Waals surface area contributed by atoms with E-state index in [0.29, 0.717) is 23.8 Å². The van der Waals surface area contributed by atoms with E-state index in [1.54, 1.807) is 30.8 Å². The molecule has 0 unspecified atom stereocenters. The fourth-order valence-corrected chi connectivity index (χ4v) is 2.68. The van der Waals surface area contributed by atoms with Gasteiger partial charge in [-0.1, -0.05) is 19.1 Å². The largest absolute Gasteiger partial charge is 0.383 e. The Kier molecular flexibility index (Phi) is 6.89. The van der Waals surface area contributed by atoms with Gasteiger partial charge in [0.15, 0.2) is 5.13 Å². The zero-order chi connectivity index (χ0) is 17.4. The van der Waals surface area contributed by atoms with Gasteiger partial charge in [-0.25, -0.2) is 4.98 Å². The number of benzene rings is 1. The van der Waals surface area contributed by atoms with Crippen LogP contribution in [0.25, 0.3) is 0 Å². The summed E-state index contributed by atoms with van der Waals surface area (Å²) in [5, 5.41) is 4.98. The van der Waals surface area contributed by atoms with E-state index in [0.717, 1.165) is 12.0 Å². The van der Waals surface area contributed by atoms with Gasteiger partial charge in [-0.05, 0) is 24.1 Å². The minimum atomic E-state index is -0.278. The molecule has 0 aliphatic carbocycles. The molecular weight excluding hydrogens is 326 g/mol. The Balaban J connectivity index is 2.05. The summed E-state index contributed by atoms with van der Waals surface area (Å²) in [6.07, 6.45) is 2.53. The number of ether oxygens (including phenoxy) is 1. The maximum atomic E-state index is 12.7. The predicted molar refractivity (Wildman–Crippen MR) is 94.3 cm³/mol. The van der Waals surface area contributed by atoms with Crippen molar-refractivity contribution in [2.75, 3.05) is 32.1 Å². The zero-order valence-corrected chi connectivity index (χ0v) is 14.6. The molecule has 1 N–H and O–H groups in total. The second kappa shape index (κ2) is 9.14. The Labute approximate surface area is 145 Å². The first kappa shape index (κ1) is 18.1. The van der Waals surface area contributed by atoms with Crippen molar-refractivity contribution < 1.29 is 14.3 Å². The van der Waals surface area contributed by atoms with Crippen LogP contribution in [-0.4, -0.2) is 48.5 Å². The summed E-state index contributed by atoms with van der Waals surface area (Å²) in [4.78, 5) is 30.3. The highest BCUT2D eigenvalue weighted by atomic mass is 32.1. The fraction of sp³-hybridized carbons (Fsp3) is 0.353. The van der Waals surface area contributed by atoms with Crippen molar-refractivity contribution in [2.24, 2.45) is 0 Å². The molecule has 128 valence electrons. The maximum absolute atomic E-state index is 12.7. The minimum absolute atomic E-state index is 0.0443. The summed E-state index contributed by atoms with van der Waals surface area (Å²) in [6.45, 7) is 2.72. The first-order valence-corrected chi connectivity index (χ1v) is 8.58. The normalized spacial score (nSPS) is 10.4. The predicted octanol–water partition coefficient (Wildman–Crippen LogP) is 2.43. The van der Waals surface area contributed by atoms with Crippen molar-refractivity contribution in [1.29, 1.82) is 0 Å². The SMILES string of the molecule is CCc1ccc(C(=O)N(CCOC)CC(=O)Nc2nccs2)cc1. The number of carbonyl (C=O) groups excluding carboxylic acids is 2. The van der Waals surface area contributed by atoms with E-state index in [-0.39, 0.29) is 18.4 Å². The molecule has 1 aromatic heterocycles. The molecule has 1 aromatic carbocycles. The van der Waals surface area contributed by atoms with Gasteiger partial charge in [0, 0.05) is 30.8 Å². The Morgan fingerprint density at radius 1 is 1.29 bits per heavy atom. The molecule has 0 saturated heterocycles. The average molecular weight is 347 g/mol. The van der Waals surface area contributed by atoms with E-state index in [2.05, 4.69) is 17.2 Å². The second-order valence-electron chi connectivity index (χ2n) is 5.16. The number of methoxy groups -OCH3 is 1. The quantitative estimate of drug-likeness (QED) is 0.796. The smallest absolute Gasteiger partial charge is 0.254 e. The van der Waals surface area contributed by atoms with Crippen LogP contribution in [0.1, 0.15) is 22.8 Å². The van der Waals surface area contributed by atoms with Crippen molar-refractivity contribution in [3.05, 3.63) is 47.0 Å². The van der Waals surface area contributed by atoms with Crippen LogP contribution in [0.4, 0.5) is 5.13 Å². The van der Waals surface area contributed by atoms with Gasteiger partial charge in [-0.2, -0.15) is 0 Å². The van der Waals surface area contributed by atoms with Gasteiger partial charge in [-0.3, -0.25) is 9.59 Å². The van der Waals surface area contributed by atoms with Crippen LogP contribution in [-0.2, 0) is 16.0 Å². The molecule has 0 bridgehead atoms. The highest BCUT2D eigenvalue weighted by Gasteiger charge is 2.19. The summed E-state index contributed by atoms with van der Waals surface area (Å²) >= 11 is 1.33. The topological polar surface area (TPSA) is 71.5 Å². The molecule has 24 heavy (non-hydrogen) atoms. The number of nitrogens with zero attached hydrogens (tertiary/aromatic N) is 2. The van der Waals surface area contributed by atoms with E-state index >= 15 is 0 Å². The van der Waals surface area contributed by atoms with E-state index < -0.39 is 0 Å². The van der Waals surface area contributed by atoms with Gasteiger partial charge >= 0.3 is 0 Å². The summed E-state index contributed by atoms with van der Waals surface area (Å²) in [5.74, 6) is -0.469. The number of nitrogens with one attached hydrogen (secondary N) is 1. The lowest BCUT2D eigenvalue weighted by Gasteiger charge is -2.21. The van der Waals surface area contributed by atoms with Gasteiger partial charge in [0.25, 0.3) is 5.91 Å². The van der Waals surface area contributed by atoms with E-state index in [1.165, 1.54) is 16.2 Å². The molecule has 1 heterocycles. The van der Waals surface area contributed by atoms with Crippen molar-refractivity contribution in [2.45, 2.75) is 13.3 Å². The fourth-order valence-electron chi connectivity index (χ4n) is 2.14. The molecule has 7 heteroatoms. The molecular formula is C17H21N3O3S. The molecule has 2 amide bonds. The molecule has 6 nitrogen and oxygen atoms in total. The van der Waals surface area contributed by atoms with Gasteiger partial charge < -0.3 is 15.0 Å². The minimum Gasteiger partial charge on any atom is -0.383 e. The molecule has 0 saturated carbocycles. The van der Waals surface area contributed by atoms with Crippen LogP contribution >= 0.6 is 11.3 Å². The maximum Gasteiger partial charge on any atom is 0.254 e. The molecule has 0 spiro atoms. The second-order valence-corrected chi connectivity index (χ2v) is 6.05. The molecule has 2 aromatic rings. The molecule has 0 atom stereocenters. The molecule has 0 aliphatic rings. The lowest BCUT2D eigenvalue weighted by Crippen LogP contribution is -2.40. The third-order valence-corrected chi connectivity index (χ3v) is 4.16. The molecule has 0 radical (unpaired) electrons. The van der Waals surface area contributed by atoms with Crippen LogP contribution in [0, 0.1) is 0 Å². The van der Waals surface area contributed by atoms with Crippen LogP contribution in [0.5, 0.6) is 0 Å². The van der Waals surface area contributed by atoms with Gasteiger partial charge in [0.1, 0.15) is 6.54 Å². The van der Waals surface area contributed by atoms with Crippen molar-refractivity contribution in [1.82, 2.24) is 9.88 Å². The number of hydrogen-bond donors (Lipinski definition) is 1. The Morgan fingerprint density at radius 2 is 2.04 bits per heavy atom. The highest BCUT2D eigenvalue weighted by molar-refractivity contribution is 7.13. The number of aromatic nitrogens is 1. The van der Waals surface area contributed by atoms with Crippen molar-refractivity contribution >= 4 is 28.3 Å². The Bertz CT molecular complexity index is 656. The van der Waals surface area contributed by atoms with E-state index in [9.17, 15) is 9.59 Å². The average Bonchev–Trinajstić information content (AvgIpc) is 3.11. The van der Waals surface area contributed by atoms with Crippen molar-refractivity contribution in [3.63, 3.8) is 0 Å². The van der Waals surface area contributed by atoms with Crippen LogP contribution in [0.2, 0.25) is 0 Å². The number of hydrogen-bond acceptors (Lipinski definition) is 5. The molecule has 0 aliphatic heterocycles. The summed E-state index contributed by atoms with van der Waals surface area (Å²) < 4.78 is 5.05. The van der Waals surface area contributed by atoms with E-state index in [4.69, 9.17) is 4.74 Å². The standard InChI is InChI=1S/C17H21N3O3S/c1-3-13-4-6-14(7-5-13)16(22)20(9-10-23-2)12-15(21)19-17-18-8-11-24-17/h4-8,11H,3,9-10,12H2,1-2H3,(H,18,19,21). The third-order valence-electron chi connectivity index (χ3n) is 3.47. The summed E-state index contributed by atoms with van der Waals surface area (Å²) in [5.41, 5.74) is 1.72. The number of amides is 2. The third kappa shape index (κ3) is 5.14. The van der Waals surface area contributed by atoms with Gasteiger partial charge in [0.05, 0.1) is 6.61 Å². The van der Waals surface area contributed by atoms with Gasteiger partial charge in [-0.15, -0.1) is 11.3 Å². The highest BCUT2D eigenvalue weighted by Crippen LogP contribution is 2.11. The van der Waals surface area contributed by atoms with Gasteiger partial charge in [0.2, 0.25) is 5.91 Å². The van der Waals surface area contributed by atoms with E-state index in [1.807, 2.05) is 12.1 Å². The summed E-state index contributed by atoms with van der Waals surface area (Å²) in [7, 11) is 1.56. The van der Waals surface area contributed by atoms with Crippen LogP contribution in [0.15, 0.2) is 35.8 Å². The lowest BCUT2D eigenvalue weighted by molar-refractivity contribution is -0.117. The number of rotatable bonds is 8. The first-order valence-electron chi connectivity index (χ1n) is 7.70. The lowest BCUT2D eigenvalue weighted by atomic mass is 10.1.